The molecule has 0 saturated heterocycles. The van der Waals surface area contributed by atoms with E-state index >= 15 is 0 Å². The highest BCUT2D eigenvalue weighted by Gasteiger charge is 2.09. The second-order valence-electron chi connectivity index (χ2n) is 5.87. The summed E-state index contributed by atoms with van der Waals surface area (Å²) in [5, 5.41) is 2.68. The van der Waals surface area contributed by atoms with E-state index in [9.17, 15) is 9.59 Å². The van der Waals surface area contributed by atoms with Crippen LogP contribution in [-0.4, -0.2) is 25.1 Å². The third-order valence-electron chi connectivity index (χ3n) is 3.56. The van der Waals surface area contributed by atoms with E-state index in [2.05, 4.69) is 12.2 Å². The van der Waals surface area contributed by atoms with Gasteiger partial charge in [-0.3, -0.25) is 4.79 Å². The van der Waals surface area contributed by atoms with Crippen LogP contribution in [0.25, 0.3) is 0 Å². The Hall–Kier alpha value is -2.82. The Labute approximate surface area is 148 Å². The fraction of sp³-hybridized carbons (Fsp3) is 0.300. The molecule has 0 heterocycles. The van der Waals surface area contributed by atoms with Gasteiger partial charge in [-0.05, 0) is 61.2 Å². The highest BCUT2D eigenvalue weighted by atomic mass is 16.6. The Balaban J connectivity index is 1.74. The molecule has 0 radical (unpaired) electrons. The smallest absolute Gasteiger partial charge is 0.344 e. The van der Waals surface area contributed by atoms with Crippen LogP contribution in [0.3, 0.4) is 0 Å². The summed E-state index contributed by atoms with van der Waals surface area (Å²) in [5.41, 5.74) is 3.96. The van der Waals surface area contributed by atoms with Crippen molar-refractivity contribution in [1.29, 1.82) is 0 Å². The third-order valence-corrected chi connectivity index (χ3v) is 3.56. The average Bonchev–Trinajstić information content (AvgIpc) is 2.58. The van der Waals surface area contributed by atoms with Gasteiger partial charge < -0.3 is 14.8 Å². The summed E-state index contributed by atoms with van der Waals surface area (Å²) >= 11 is 0. The van der Waals surface area contributed by atoms with Crippen molar-refractivity contribution in [1.82, 2.24) is 0 Å². The number of hydrogen-bond acceptors (Lipinski definition) is 4. The molecule has 0 aromatic heterocycles. The maximum Gasteiger partial charge on any atom is 0.344 e. The van der Waals surface area contributed by atoms with Crippen LogP contribution in [0.2, 0.25) is 0 Å². The first-order valence-corrected chi connectivity index (χ1v) is 8.22. The Morgan fingerprint density at radius 1 is 0.960 bits per heavy atom. The van der Waals surface area contributed by atoms with Gasteiger partial charge in [0.2, 0.25) is 0 Å². The molecule has 132 valence electrons. The number of ether oxygens (including phenoxy) is 2. The summed E-state index contributed by atoms with van der Waals surface area (Å²) < 4.78 is 10.3. The molecule has 2 aromatic carbocycles. The fourth-order valence-corrected chi connectivity index (χ4v) is 2.37. The minimum absolute atomic E-state index is 0.235. The highest BCUT2D eigenvalue weighted by molar-refractivity contribution is 5.92. The normalized spacial score (nSPS) is 10.2. The van der Waals surface area contributed by atoms with Crippen LogP contribution < -0.4 is 10.1 Å². The van der Waals surface area contributed by atoms with Crippen LogP contribution in [0, 0.1) is 13.8 Å². The summed E-state index contributed by atoms with van der Waals surface area (Å²) in [6.45, 7) is 5.39. The SMILES string of the molecule is CCc1ccc(NC(=O)COC(=O)COc2cc(C)cc(C)c2)cc1. The Bertz CT molecular complexity index is 718. The predicted molar refractivity (Wildman–Crippen MR) is 96.8 cm³/mol. The van der Waals surface area contributed by atoms with E-state index in [-0.39, 0.29) is 19.1 Å². The number of aryl methyl sites for hydroxylation is 3. The van der Waals surface area contributed by atoms with Crippen LogP contribution in [0.1, 0.15) is 23.6 Å². The summed E-state index contributed by atoms with van der Waals surface area (Å²) in [7, 11) is 0. The summed E-state index contributed by atoms with van der Waals surface area (Å²) in [4.78, 5) is 23.5. The zero-order valence-electron chi connectivity index (χ0n) is 14.8. The van der Waals surface area contributed by atoms with E-state index in [0.717, 1.165) is 17.5 Å². The van der Waals surface area contributed by atoms with Crippen molar-refractivity contribution in [2.75, 3.05) is 18.5 Å². The lowest BCUT2D eigenvalue weighted by atomic mass is 10.1. The monoisotopic (exact) mass is 341 g/mol. The number of hydrogen-bond donors (Lipinski definition) is 1. The van der Waals surface area contributed by atoms with E-state index in [0.29, 0.717) is 11.4 Å². The van der Waals surface area contributed by atoms with Crippen molar-refractivity contribution in [3.63, 3.8) is 0 Å². The zero-order chi connectivity index (χ0) is 18.2. The minimum atomic E-state index is -0.587. The number of carbonyl (C=O) groups excluding carboxylic acids is 2. The summed E-state index contributed by atoms with van der Waals surface area (Å²) in [6, 6.07) is 13.2. The molecule has 2 aromatic rings. The number of amides is 1. The molecule has 1 N–H and O–H groups in total. The van der Waals surface area contributed by atoms with Gasteiger partial charge >= 0.3 is 5.97 Å². The van der Waals surface area contributed by atoms with Crippen molar-refractivity contribution < 1.29 is 19.1 Å². The molecule has 0 aliphatic heterocycles. The van der Waals surface area contributed by atoms with E-state index in [1.54, 1.807) is 0 Å². The van der Waals surface area contributed by atoms with Gasteiger partial charge in [0.25, 0.3) is 5.91 Å². The molecule has 1 amide bonds. The molecule has 0 unspecified atom stereocenters. The summed E-state index contributed by atoms with van der Waals surface area (Å²) in [6.07, 6.45) is 0.937. The van der Waals surface area contributed by atoms with Crippen LogP contribution in [0.5, 0.6) is 5.75 Å². The number of benzene rings is 2. The second-order valence-corrected chi connectivity index (χ2v) is 5.87. The van der Waals surface area contributed by atoms with Gasteiger partial charge in [0.15, 0.2) is 13.2 Å². The molecule has 5 nitrogen and oxygen atoms in total. The quantitative estimate of drug-likeness (QED) is 0.784. The van der Waals surface area contributed by atoms with Crippen molar-refractivity contribution in [2.24, 2.45) is 0 Å². The molecule has 0 aliphatic carbocycles. The Morgan fingerprint density at radius 3 is 2.20 bits per heavy atom. The lowest BCUT2D eigenvalue weighted by Crippen LogP contribution is -2.23. The molecular weight excluding hydrogens is 318 g/mol. The molecule has 25 heavy (non-hydrogen) atoms. The van der Waals surface area contributed by atoms with E-state index in [1.165, 1.54) is 5.56 Å². The van der Waals surface area contributed by atoms with E-state index in [4.69, 9.17) is 9.47 Å². The van der Waals surface area contributed by atoms with Crippen molar-refractivity contribution >= 4 is 17.6 Å². The molecule has 0 spiro atoms. The number of rotatable bonds is 7. The first kappa shape index (κ1) is 18.5. The second kappa shape index (κ2) is 8.87. The standard InChI is InChI=1S/C20H23NO4/c1-4-16-5-7-17(8-6-16)21-19(22)12-25-20(23)13-24-18-10-14(2)9-15(3)11-18/h5-11H,4,12-13H2,1-3H3,(H,21,22). The lowest BCUT2D eigenvalue weighted by molar-refractivity contribution is -0.149. The fourth-order valence-electron chi connectivity index (χ4n) is 2.37. The van der Waals surface area contributed by atoms with Gasteiger partial charge in [-0.25, -0.2) is 4.79 Å². The van der Waals surface area contributed by atoms with Crippen LogP contribution in [0.15, 0.2) is 42.5 Å². The minimum Gasteiger partial charge on any atom is -0.482 e. The van der Waals surface area contributed by atoms with Gasteiger partial charge in [0.1, 0.15) is 5.75 Å². The summed E-state index contributed by atoms with van der Waals surface area (Å²) in [5.74, 6) is -0.366. The molecule has 0 fully saturated rings. The zero-order valence-corrected chi connectivity index (χ0v) is 14.8. The van der Waals surface area contributed by atoms with E-state index < -0.39 is 5.97 Å². The van der Waals surface area contributed by atoms with Gasteiger partial charge in [0, 0.05) is 5.69 Å². The Kier molecular flexibility index (Phi) is 6.57. The van der Waals surface area contributed by atoms with E-state index in [1.807, 2.05) is 56.3 Å². The maximum atomic E-state index is 11.8. The number of nitrogens with one attached hydrogen (secondary N) is 1. The Morgan fingerprint density at radius 2 is 1.60 bits per heavy atom. The highest BCUT2D eigenvalue weighted by Crippen LogP contribution is 2.16. The van der Waals surface area contributed by atoms with Crippen LogP contribution in [-0.2, 0) is 20.7 Å². The number of esters is 1. The van der Waals surface area contributed by atoms with Crippen LogP contribution in [0.4, 0.5) is 5.69 Å². The molecule has 5 heteroatoms. The van der Waals surface area contributed by atoms with Gasteiger partial charge in [-0.15, -0.1) is 0 Å². The average molecular weight is 341 g/mol. The predicted octanol–water partition coefficient (Wildman–Crippen LogP) is 3.43. The third kappa shape index (κ3) is 6.30. The molecule has 0 bridgehead atoms. The first-order chi connectivity index (χ1) is 12.0. The molecule has 0 saturated carbocycles. The lowest BCUT2D eigenvalue weighted by Gasteiger charge is -2.09. The molecular formula is C20H23NO4. The van der Waals surface area contributed by atoms with Gasteiger partial charge in [-0.1, -0.05) is 25.1 Å². The van der Waals surface area contributed by atoms with Gasteiger partial charge in [-0.2, -0.15) is 0 Å². The topological polar surface area (TPSA) is 64.6 Å². The molecule has 2 rings (SSSR count). The van der Waals surface area contributed by atoms with Crippen molar-refractivity contribution in [3.8, 4) is 5.75 Å². The maximum absolute atomic E-state index is 11.8. The van der Waals surface area contributed by atoms with Crippen molar-refractivity contribution in [3.05, 3.63) is 59.2 Å². The molecule has 0 aliphatic rings. The molecule has 0 atom stereocenters. The number of carbonyl (C=O) groups is 2. The van der Waals surface area contributed by atoms with Gasteiger partial charge in [0.05, 0.1) is 0 Å². The number of anilines is 1. The first-order valence-electron chi connectivity index (χ1n) is 8.22. The largest absolute Gasteiger partial charge is 0.482 e. The van der Waals surface area contributed by atoms with Crippen molar-refractivity contribution in [2.45, 2.75) is 27.2 Å². The van der Waals surface area contributed by atoms with Crippen LogP contribution >= 0.6 is 0 Å².